The third-order valence-corrected chi connectivity index (χ3v) is 5.84. The summed E-state index contributed by atoms with van der Waals surface area (Å²) in [5.74, 6) is 1.64. The number of benzene rings is 1. The summed E-state index contributed by atoms with van der Waals surface area (Å²) in [6.07, 6.45) is 2.13. The average molecular weight is 345 g/mol. The normalized spacial score (nSPS) is 22.7. The Labute approximate surface area is 147 Å². The summed E-state index contributed by atoms with van der Waals surface area (Å²) in [4.78, 5) is 14.2. The molecule has 1 aromatic rings. The molecule has 2 aliphatic rings. The van der Waals surface area contributed by atoms with Gasteiger partial charge in [0.1, 0.15) is 0 Å². The third kappa shape index (κ3) is 4.03. The van der Waals surface area contributed by atoms with Gasteiger partial charge in [-0.15, -0.1) is 0 Å². The van der Waals surface area contributed by atoms with E-state index < -0.39 is 0 Å². The number of hydrogen-bond donors (Lipinski definition) is 1. The fourth-order valence-electron chi connectivity index (χ4n) is 3.36. The lowest BCUT2D eigenvalue weighted by molar-refractivity contribution is 0.152. The largest absolute Gasteiger partial charge is 0.381 e. The quantitative estimate of drug-likeness (QED) is 0.833. The second kappa shape index (κ2) is 7.91. The van der Waals surface area contributed by atoms with Crippen LogP contribution in [0.1, 0.15) is 24.0 Å². The van der Waals surface area contributed by atoms with Crippen molar-refractivity contribution < 1.29 is 9.53 Å². The van der Waals surface area contributed by atoms with Crippen LogP contribution in [0.5, 0.6) is 0 Å². The first-order valence-electron chi connectivity index (χ1n) is 8.39. The van der Waals surface area contributed by atoms with Gasteiger partial charge in [-0.1, -0.05) is 18.2 Å². The van der Waals surface area contributed by atoms with Crippen LogP contribution in [0, 0.1) is 16.7 Å². The van der Waals surface area contributed by atoms with Gasteiger partial charge in [-0.2, -0.15) is 17.0 Å². The number of carbonyl (C=O) groups is 1. The monoisotopic (exact) mass is 345 g/mol. The van der Waals surface area contributed by atoms with E-state index in [-0.39, 0.29) is 11.4 Å². The van der Waals surface area contributed by atoms with Crippen molar-refractivity contribution >= 4 is 17.8 Å². The Morgan fingerprint density at radius 3 is 3.08 bits per heavy atom. The van der Waals surface area contributed by atoms with Gasteiger partial charge in [0.15, 0.2) is 0 Å². The molecular formula is C18H23N3O2S. The number of hydrogen-bond acceptors (Lipinski definition) is 4. The second-order valence-corrected chi connectivity index (χ2v) is 7.63. The number of amides is 2. The number of ether oxygens (including phenoxy) is 1. The van der Waals surface area contributed by atoms with Crippen molar-refractivity contribution in [2.24, 2.45) is 5.41 Å². The lowest BCUT2D eigenvalue weighted by Crippen LogP contribution is -2.40. The molecule has 2 fully saturated rings. The Balaban J connectivity index is 1.35. The Bertz CT molecular complexity index is 623. The molecule has 2 aliphatic heterocycles. The zero-order chi connectivity index (χ0) is 16.8. The van der Waals surface area contributed by atoms with Crippen LogP contribution in [0.3, 0.4) is 0 Å². The lowest BCUT2D eigenvalue weighted by Gasteiger charge is -2.22. The molecule has 1 atom stereocenters. The van der Waals surface area contributed by atoms with E-state index in [0.29, 0.717) is 6.54 Å². The van der Waals surface area contributed by atoms with Gasteiger partial charge in [0.05, 0.1) is 18.2 Å². The molecule has 1 spiro atoms. The number of rotatable bonds is 5. The van der Waals surface area contributed by atoms with Crippen molar-refractivity contribution in [3.63, 3.8) is 0 Å². The summed E-state index contributed by atoms with van der Waals surface area (Å²) in [7, 11) is 0. The number of nitriles is 1. The van der Waals surface area contributed by atoms with Gasteiger partial charge in [-0.25, -0.2) is 4.79 Å². The highest BCUT2D eigenvalue weighted by Crippen LogP contribution is 2.38. The van der Waals surface area contributed by atoms with Crippen LogP contribution in [0.4, 0.5) is 4.79 Å². The van der Waals surface area contributed by atoms with E-state index in [0.717, 1.165) is 61.8 Å². The second-order valence-electron chi connectivity index (χ2n) is 6.53. The summed E-state index contributed by atoms with van der Waals surface area (Å²) in [5.41, 5.74) is 2.00. The molecule has 0 radical (unpaired) electrons. The van der Waals surface area contributed by atoms with Crippen molar-refractivity contribution in [3.05, 3.63) is 35.4 Å². The maximum Gasteiger partial charge on any atom is 0.317 e. The fourth-order valence-corrected chi connectivity index (χ4v) is 4.22. The summed E-state index contributed by atoms with van der Waals surface area (Å²) >= 11 is 1.73. The first-order valence-corrected chi connectivity index (χ1v) is 9.54. The van der Waals surface area contributed by atoms with Gasteiger partial charge in [0.2, 0.25) is 0 Å². The van der Waals surface area contributed by atoms with Crippen molar-refractivity contribution in [1.82, 2.24) is 10.2 Å². The predicted octanol–water partition coefficient (Wildman–Crippen LogP) is 2.61. The Hall–Kier alpha value is -1.71. The van der Waals surface area contributed by atoms with Crippen LogP contribution < -0.4 is 5.32 Å². The van der Waals surface area contributed by atoms with Gasteiger partial charge in [-0.05, 0) is 24.5 Å². The van der Waals surface area contributed by atoms with Crippen molar-refractivity contribution in [2.75, 3.05) is 38.6 Å². The molecule has 1 aromatic carbocycles. The molecular weight excluding hydrogens is 322 g/mol. The van der Waals surface area contributed by atoms with E-state index in [1.165, 1.54) is 0 Å². The molecule has 0 aromatic heterocycles. The molecule has 0 bridgehead atoms. The predicted molar refractivity (Wildman–Crippen MR) is 94.8 cm³/mol. The molecule has 24 heavy (non-hydrogen) atoms. The Kier molecular flexibility index (Phi) is 5.64. The molecule has 0 saturated carbocycles. The molecule has 2 heterocycles. The van der Waals surface area contributed by atoms with Gasteiger partial charge >= 0.3 is 6.03 Å². The van der Waals surface area contributed by atoms with E-state index in [4.69, 9.17) is 10.00 Å². The number of thioether (sulfide) groups is 1. The first-order chi connectivity index (χ1) is 11.7. The summed E-state index contributed by atoms with van der Waals surface area (Å²) in [6.45, 7) is 3.93. The van der Waals surface area contributed by atoms with Gasteiger partial charge in [0.25, 0.3) is 0 Å². The minimum absolute atomic E-state index is 0.0387. The topological polar surface area (TPSA) is 65.4 Å². The molecule has 1 N–H and O–H groups in total. The summed E-state index contributed by atoms with van der Waals surface area (Å²) in [6, 6.07) is 9.91. The zero-order valence-electron chi connectivity index (χ0n) is 13.8. The highest BCUT2D eigenvalue weighted by molar-refractivity contribution is 7.98. The Morgan fingerprint density at radius 2 is 2.29 bits per heavy atom. The van der Waals surface area contributed by atoms with E-state index in [2.05, 4.69) is 11.4 Å². The summed E-state index contributed by atoms with van der Waals surface area (Å²) in [5, 5.41) is 12.1. The highest BCUT2D eigenvalue weighted by Gasteiger charge is 2.42. The van der Waals surface area contributed by atoms with E-state index in [1.54, 1.807) is 11.8 Å². The first kappa shape index (κ1) is 17.1. The molecule has 6 heteroatoms. The minimum Gasteiger partial charge on any atom is -0.381 e. The molecule has 0 aliphatic carbocycles. The van der Waals surface area contributed by atoms with Crippen LogP contribution in [-0.4, -0.2) is 49.5 Å². The zero-order valence-corrected chi connectivity index (χ0v) is 14.6. The minimum atomic E-state index is 0.0387. The number of carbonyl (C=O) groups excluding carboxylic acids is 1. The smallest absolute Gasteiger partial charge is 0.317 e. The van der Waals surface area contributed by atoms with Gasteiger partial charge in [-0.3, -0.25) is 0 Å². The van der Waals surface area contributed by atoms with Gasteiger partial charge in [0, 0.05) is 43.2 Å². The average Bonchev–Trinajstić information content (AvgIpc) is 3.25. The number of likely N-dealkylation sites (tertiary alicyclic amines) is 1. The highest BCUT2D eigenvalue weighted by atomic mass is 32.2. The fraction of sp³-hybridized carbons (Fsp3) is 0.556. The Morgan fingerprint density at radius 1 is 1.42 bits per heavy atom. The van der Waals surface area contributed by atoms with E-state index >= 15 is 0 Å². The van der Waals surface area contributed by atoms with Crippen LogP contribution in [0.15, 0.2) is 24.3 Å². The van der Waals surface area contributed by atoms with Crippen LogP contribution in [-0.2, 0) is 10.5 Å². The van der Waals surface area contributed by atoms with Crippen LogP contribution in [0.25, 0.3) is 0 Å². The van der Waals surface area contributed by atoms with Gasteiger partial charge < -0.3 is 15.0 Å². The molecule has 2 saturated heterocycles. The molecule has 2 amide bonds. The molecule has 3 rings (SSSR count). The summed E-state index contributed by atoms with van der Waals surface area (Å²) < 4.78 is 5.50. The molecule has 1 unspecified atom stereocenters. The van der Waals surface area contributed by atoms with Crippen molar-refractivity contribution in [1.29, 1.82) is 5.26 Å². The van der Waals surface area contributed by atoms with Crippen molar-refractivity contribution in [2.45, 2.75) is 18.6 Å². The SMILES string of the molecule is N#Cc1ccccc1CSCCNC(=O)N1CCC2(CCOC2)C1. The van der Waals surface area contributed by atoms with Crippen molar-refractivity contribution in [3.8, 4) is 6.07 Å². The lowest BCUT2D eigenvalue weighted by atomic mass is 9.87. The third-order valence-electron chi connectivity index (χ3n) is 4.83. The maximum atomic E-state index is 12.2. The standard InChI is InChI=1S/C18H23N3O2S/c19-11-15-3-1-2-4-16(15)12-24-10-7-20-17(22)21-8-5-18(13-21)6-9-23-14-18/h1-4H,5-10,12-14H2,(H,20,22). The number of urea groups is 1. The van der Waals surface area contributed by atoms with Crippen LogP contribution >= 0.6 is 11.8 Å². The number of nitrogens with zero attached hydrogens (tertiary/aromatic N) is 2. The van der Waals surface area contributed by atoms with E-state index in [9.17, 15) is 4.79 Å². The molecule has 128 valence electrons. The number of nitrogens with one attached hydrogen (secondary N) is 1. The maximum absolute atomic E-state index is 12.2. The van der Waals surface area contributed by atoms with E-state index in [1.807, 2.05) is 29.2 Å². The molecule has 5 nitrogen and oxygen atoms in total. The van der Waals surface area contributed by atoms with Crippen LogP contribution in [0.2, 0.25) is 0 Å².